The molecule has 2 aromatic rings. The Hall–Kier alpha value is -1.98. The third-order valence-electron chi connectivity index (χ3n) is 2.32. The molecule has 0 unspecified atom stereocenters. The Morgan fingerprint density at radius 1 is 1.00 bits per heavy atom. The van der Waals surface area contributed by atoms with Crippen LogP contribution in [0.2, 0.25) is 0 Å². The highest BCUT2D eigenvalue weighted by atomic mass is 19.3. The van der Waals surface area contributed by atoms with E-state index in [-0.39, 0.29) is 11.3 Å². The number of aromatic nitrogens is 2. The summed E-state index contributed by atoms with van der Waals surface area (Å²) in [6.45, 7) is 0.703. The maximum atomic E-state index is 13.0. The monoisotopic (exact) mass is 256 g/mol. The fourth-order valence-corrected chi connectivity index (χ4v) is 1.36. The van der Waals surface area contributed by atoms with E-state index in [9.17, 15) is 17.6 Å². The van der Waals surface area contributed by atoms with Gasteiger partial charge in [-0.2, -0.15) is 8.78 Å². The van der Waals surface area contributed by atoms with Crippen LogP contribution in [0.1, 0.15) is 12.6 Å². The summed E-state index contributed by atoms with van der Waals surface area (Å²) < 4.78 is 51.5. The predicted molar refractivity (Wildman–Crippen MR) is 57.0 cm³/mol. The first-order chi connectivity index (χ1) is 8.38. The Morgan fingerprint density at radius 3 is 2.22 bits per heavy atom. The molecule has 0 saturated carbocycles. The van der Waals surface area contributed by atoms with Crippen LogP contribution < -0.4 is 0 Å². The maximum Gasteiger partial charge on any atom is 0.288 e. The van der Waals surface area contributed by atoms with Crippen molar-refractivity contribution in [3.05, 3.63) is 47.9 Å². The number of hydrogen-bond acceptors (Lipinski definition) is 2. The highest BCUT2D eigenvalue weighted by Gasteiger charge is 2.26. The van der Waals surface area contributed by atoms with Gasteiger partial charge >= 0.3 is 0 Å². The quantitative estimate of drug-likeness (QED) is 0.768. The van der Waals surface area contributed by atoms with Gasteiger partial charge in [0.25, 0.3) is 5.92 Å². The molecule has 0 amide bonds. The second-order valence-corrected chi connectivity index (χ2v) is 3.80. The lowest BCUT2D eigenvalue weighted by molar-refractivity contribution is 0.0124. The maximum absolute atomic E-state index is 13.0. The number of benzene rings is 1. The van der Waals surface area contributed by atoms with E-state index in [4.69, 9.17) is 0 Å². The van der Waals surface area contributed by atoms with Crippen molar-refractivity contribution >= 4 is 0 Å². The Bertz CT molecular complexity index is 561. The number of halogens is 4. The molecule has 0 fully saturated rings. The number of alkyl halides is 2. The standard InChI is InChI=1S/C12H8F4N2/c1-12(15,16)11-6-17-10(5-18-11)7-2-3-8(13)9(14)4-7/h2-6H,1H3. The molecule has 0 aliphatic carbocycles. The Morgan fingerprint density at radius 2 is 1.72 bits per heavy atom. The van der Waals surface area contributed by atoms with Gasteiger partial charge in [0.1, 0.15) is 5.69 Å². The third kappa shape index (κ3) is 2.47. The van der Waals surface area contributed by atoms with Gasteiger partial charge in [0.05, 0.1) is 18.1 Å². The molecular weight excluding hydrogens is 248 g/mol. The van der Waals surface area contributed by atoms with Gasteiger partial charge in [0.15, 0.2) is 11.6 Å². The zero-order valence-corrected chi connectivity index (χ0v) is 9.29. The molecule has 0 aliphatic heterocycles. The minimum Gasteiger partial charge on any atom is -0.252 e. The van der Waals surface area contributed by atoms with E-state index in [1.54, 1.807) is 0 Å². The molecule has 1 aromatic carbocycles. The van der Waals surface area contributed by atoms with Crippen molar-refractivity contribution in [3.63, 3.8) is 0 Å². The molecule has 0 saturated heterocycles. The first-order valence-corrected chi connectivity index (χ1v) is 5.03. The van der Waals surface area contributed by atoms with Crippen molar-refractivity contribution in [3.8, 4) is 11.3 Å². The smallest absolute Gasteiger partial charge is 0.252 e. The minimum absolute atomic E-state index is 0.196. The molecule has 1 aromatic heterocycles. The molecule has 0 aliphatic rings. The summed E-state index contributed by atoms with van der Waals surface area (Å²) in [5.41, 5.74) is -0.0110. The van der Waals surface area contributed by atoms with Crippen LogP contribution in [-0.2, 0) is 5.92 Å². The summed E-state index contributed by atoms with van der Waals surface area (Å²) in [5, 5.41) is 0. The van der Waals surface area contributed by atoms with Crippen LogP contribution in [0.15, 0.2) is 30.6 Å². The van der Waals surface area contributed by atoms with Gasteiger partial charge < -0.3 is 0 Å². The van der Waals surface area contributed by atoms with E-state index in [0.29, 0.717) is 6.92 Å². The highest BCUT2D eigenvalue weighted by Crippen LogP contribution is 2.25. The Labute approximate surface area is 100 Å². The topological polar surface area (TPSA) is 25.8 Å². The average Bonchev–Trinajstić information content (AvgIpc) is 2.32. The van der Waals surface area contributed by atoms with Gasteiger partial charge in [0, 0.05) is 12.5 Å². The second-order valence-electron chi connectivity index (χ2n) is 3.80. The zero-order valence-electron chi connectivity index (χ0n) is 9.29. The van der Waals surface area contributed by atoms with Gasteiger partial charge in [-0.15, -0.1) is 0 Å². The summed E-state index contributed by atoms with van der Waals surface area (Å²) in [4.78, 5) is 7.30. The van der Waals surface area contributed by atoms with Crippen LogP contribution in [-0.4, -0.2) is 9.97 Å². The number of hydrogen-bond donors (Lipinski definition) is 0. The van der Waals surface area contributed by atoms with Gasteiger partial charge in [-0.25, -0.2) is 8.78 Å². The number of nitrogens with zero attached hydrogens (tertiary/aromatic N) is 2. The van der Waals surface area contributed by atoms with E-state index >= 15 is 0 Å². The first-order valence-electron chi connectivity index (χ1n) is 5.03. The van der Waals surface area contributed by atoms with E-state index in [0.717, 1.165) is 24.5 Å². The molecule has 0 N–H and O–H groups in total. The van der Waals surface area contributed by atoms with Crippen LogP contribution in [0, 0.1) is 11.6 Å². The molecule has 0 bridgehead atoms. The lowest BCUT2D eigenvalue weighted by atomic mass is 10.1. The van der Waals surface area contributed by atoms with Crippen LogP contribution in [0.25, 0.3) is 11.3 Å². The van der Waals surface area contributed by atoms with Crippen LogP contribution >= 0.6 is 0 Å². The van der Waals surface area contributed by atoms with Crippen LogP contribution in [0.4, 0.5) is 17.6 Å². The normalized spacial score (nSPS) is 11.6. The lowest BCUT2D eigenvalue weighted by Gasteiger charge is -2.09. The molecule has 0 atom stereocenters. The summed E-state index contributed by atoms with van der Waals surface area (Å²) in [5.74, 6) is -5.10. The van der Waals surface area contributed by atoms with E-state index in [2.05, 4.69) is 9.97 Å². The second kappa shape index (κ2) is 4.36. The van der Waals surface area contributed by atoms with E-state index in [1.165, 1.54) is 6.07 Å². The zero-order chi connectivity index (χ0) is 13.3. The lowest BCUT2D eigenvalue weighted by Crippen LogP contribution is -2.10. The largest absolute Gasteiger partial charge is 0.288 e. The van der Waals surface area contributed by atoms with Crippen molar-refractivity contribution in [2.75, 3.05) is 0 Å². The van der Waals surface area contributed by atoms with Crippen molar-refractivity contribution in [2.24, 2.45) is 0 Å². The Kier molecular flexibility index (Phi) is 3.02. The first kappa shape index (κ1) is 12.5. The summed E-state index contributed by atoms with van der Waals surface area (Å²) >= 11 is 0. The predicted octanol–water partition coefficient (Wildman–Crippen LogP) is 3.53. The molecule has 6 heteroatoms. The molecule has 94 valence electrons. The summed E-state index contributed by atoms with van der Waals surface area (Å²) in [7, 11) is 0. The fraction of sp³-hybridized carbons (Fsp3) is 0.167. The van der Waals surface area contributed by atoms with Crippen LogP contribution in [0.3, 0.4) is 0 Å². The number of rotatable bonds is 2. The van der Waals surface area contributed by atoms with Gasteiger partial charge in [-0.3, -0.25) is 9.97 Å². The highest BCUT2D eigenvalue weighted by molar-refractivity contribution is 5.57. The fourth-order valence-electron chi connectivity index (χ4n) is 1.36. The molecule has 1 heterocycles. The summed E-state index contributed by atoms with van der Waals surface area (Å²) in [6, 6.07) is 3.17. The molecule has 2 rings (SSSR count). The van der Waals surface area contributed by atoms with Gasteiger partial charge in [-0.1, -0.05) is 0 Å². The van der Waals surface area contributed by atoms with Gasteiger partial charge in [0.2, 0.25) is 0 Å². The van der Waals surface area contributed by atoms with Crippen LogP contribution in [0.5, 0.6) is 0 Å². The summed E-state index contributed by atoms with van der Waals surface area (Å²) in [6.07, 6.45) is 2.01. The minimum atomic E-state index is -3.08. The van der Waals surface area contributed by atoms with Crippen molar-refractivity contribution in [1.29, 1.82) is 0 Å². The Balaban J connectivity index is 2.37. The molecule has 0 spiro atoms. The van der Waals surface area contributed by atoms with Gasteiger partial charge in [-0.05, 0) is 18.2 Å². The SMILES string of the molecule is CC(F)(F)c1cnc(-c2ccc(F)c(F)c2)cn1. The molecular formula is C12H8F4N2. The molecule has 18 heavy (non-hydrogen) atoms. The van der Waals surface area contributed by atoms with Crippen molar-refractivity contribution < 1.29 is 17.6 Å². The van der Waals surface area contributed by atoms with E-state index < -0.39 is 23.3 Å². The molecule has 2 nitrogen and oxygen atoms in total. The third-order valence-corrected chi connectivity index (χ3v) is 2.32. The van der Waals surface area contributed by atoms with E-state index in [1.807, 2.05) is 0 Å². The van der Waals surface area contributed by atoms with Crippen molar-refractivity contribution in [2.45, 2.75) is 12.8 Å². The molecule has 0 radical (unpaired) electrons. The average molecular weight is 256 g/mol. The van der Waals surface area contributed by atoms with Crippen molar-refractivity contribution in [1.82, 2.24) is 9.97 Å².